The molecule has 0 aromatic heterocycles. The number of amides is 1. The second-order valence-electron chi connectivity index (χ2n) is 7.33. The van der Waals surface area contributed by atoms with Gasteiger partial charge in [0.2, 0.25) is 5.91 Å². The predicted octanol–water partition coefficient (Wildman–Crippen LogP) is 1.13. The molecule has 0 spiro atoms. The molecular weight excluding hydrogens is 302 g/mol. The number of nitrogens with one attached hydrogen (secondary N) is 1. The molecule has 1 atom stereocenters. The number of hydrogen-bond donors (Lipinski definition) is 1. The van der Waals surface area contributed by atoms with Gasteiger partial charge in [0.15, 0.2) is 5.96 Å². The first-order valence-corrected chi connectivity index (χ1v) is 9.75. The van der Waals surface area contributed by atoms with Crippen molar-refractivity contribution in [1.29, 1.82) is 0 Å². The summed E-state index contributed by atoms with van der Waals surface area (Å²) in [5.41, 5.74) is 0. The number of aliphatic imine (C=N–C) groups is 1. The molecule has 1 unspecified atom stereocenters. The zero-order valence-corrected chi connectivity index (χ0v) is 15.2. The highest BCUT2D eigenvalue weighted by atomic mass is 16.2. The summed E-state index contributed by atoms with van der Waals surface area (Å²) in [6.07, 6.45) is 8.82. The maximum absolute atomic E-state index is 12.3. The van der Waals surface area contributed by atoms with E-state index in [1.54, 1.807) is 0 Å². The van der Waals surface area contributed by atoms with Crippen molar-refractivity contribution in [3.05, 3.63) is 0 Å². The average Bonchev–Trinajstić information content (AvgIpc) is 3.13. The molecule has 6 heteroatoms. The fraction of sp³-hybridized carbons (Fsp3) is 0.889. The zero-order chi connectivity index (χ0) is 16.8. The number of rotatable bonds is 3. The third kappa shape index (κ3) is 4.41. The molecule has 0 aliphatic carbocycles. The van der Waals surface area contributed by atoms with Gasteiger partial charge in [-0.3, -0.25) is 14.7 Å². The lowest BCUT2D eigenvalue weighted by Gasteiger charge is -2.32. The van der Waals surface area contributed by atoms with Crippen molar-refractivity contribution < 1.29 is 4.79 Å². The van der Waals surface area contributed by atoms with Gasteiger partial charge in [-0.05, 0) is 51.6 Å². The molecule has 0 bridgehead atoms. The lowest BCUT2D eigenvalue weighted by Crippen LogP contribution is -2.48. The highest BCUT2D eigenvalue weighted by Crippen LogP contribution is 2.20. The van der Waals surface area contributed by atoms with Gasteiger partial charge in [0.05, 0.1) is 6.54 Å². The van der Waals surface area contributed by atoms with Crippen LogP contribution in [0.1, 0.15) is 44.9 Å². The molecule has 136 valence electrons. The van der Waals surface area contributed by atoms with Crippen LogP contribution in [0.4, 0.5) is 0 Å². The van der Waals surface area contributed by atoms with E-state index in [1.165, 1.54) is 45.2 Å². The predicted molar refractivity (Wildman–Crippen MR) is 97.2 cm³/mol. The second-order valence-corrected chi connectivity index (χ2v) is 7.33. The van der Waals surface area contributed by atoms with Crippen LogP contribution in [-0.4, -0.2) is 85.5 Å². The number of carbonyl (C=O) groups is 1. The minimum atomic E-state index is 0.211. The lowest BCUT2D eigenvalue weighted by molar-refractivity contribution is -0.130. The monoisotopic (exact) mass is 335 g/mol. The third-order valence-corrected chi connectivity index (χ3v) is 5.69. The molecule has 0 radical (unpaired) electrons. The Morgan fingerprint density at radius 3 is 2.29 bits per heavy atom. The maximum atomic E-state index is 12.3. The van der Waals surface area contributed by atoms with Gasteiger partial charge < -0.3 is 15.1 Å². The van der Waals surface area contributed by atoms with Crippen LogP contribution in [0.2, 0.25) is 0 Å². The third-order valence-electron chi connectivity index (χ3n) is 5.69. The molecule has 1 N–H and O–H groups in total. The van der Waals surface area contributed by atoms with Crippen LogP contribution in [-0.2, 0) is 4.79 Å². The van der Waals surface area contributed by atoms with Crippen LogP contribution in [0.15, 0.2) is 4.99 Å². The Hall–Kier alpha value is -1.30. The summed E-state index contributed by atoms with van der Waals surface area (Å²) in [6, 6.07) is 0.654. The Balaban J connectivity index is 1.45. The molecule has 0 aromatic rings. The molecular formula is C18H33N5O. The number of guanidine groups is 1. The molecule has 1 amide bonds. The summed E-state index contributed by atoms with van der Waals surface area (Å²) in [7, 11) is 1.82. The highest BCUT2D eigenvalue weighted by Gasteiger charge is 2.30. The van der Waals surface area contributed by atoms with Gasteiger partial charge in [0.1, 0.15) is 0 Å². The number of hydrogen-bond acceptors (Lipinski definition) is 3. The van der Waals surface area contributed by atoms with Crippen molar-refractivity contribution in [1.82, 2.24) is 20.0 Å². The molecule has 24 heavy (non-hydrogen) atoms. The Labute approximate surface area is 146 Å². The summed E-state index contributed by atoms with van der Waals surface area (Å²) in [5.74, 6) is 1.10. The topological polar surface area (TPSA) is 51.2 Å². The standard InChI is InChI=1S/C18H33N5O/c1-19-18(20-14-17(24)22-11-6-3-7-12-22)23-13-8-16(15-23)21-9-4-2-5-10-21/h16H,2-15H2,1H3,(H,19,20). The summed E-state index contributed by atoms with van der Waals surface area (Å²) < 4.78 is 0. The van der Waals surface area contributed by atoms with Crippen molar-refractivity contribution >= 4 is 11.9 Å². The number of carbonyl (C=O) groups excluding carboxylic acids is 1. The molecule has 3 saturated heterocycles. The van der Waals surface area contributed by atoms with Gasteiger partial charge in [-0.15, -0.1) is 0 Å². The Morgan fingerprint density at radius 2 is 1.62 bits per heavy atom. The van der Waals surface area contributed by atoms with Crippen LogP contribution in [0.5, 0.6) is 0 Å². The molecule has 3 rings (SSSR count). The molecule has 0 aromatic carbocycles. The Bertz CT molecular complexity index is 441. The molecule has 6 nitrogen and oxygen atoms in total. The number of likely N-dealkylation sites (tertiary alicyclic amines) is 3. The van der Waals surface area contributed by atoms with Crippen LogP contribution in [0, 0.1) is 0 Å². The van der Waals surface area contributed by atoms with E-state index < -0.39 is 0 Å². The van der Waals surface area contributed by atoms with Gasteiger partial charge in [-0.1, -0.05) is 6.42 Å². The van der Waals surface area contributed by atoms with Crippen molar-refractivity contribution in [2.24, 2.45) is 4.99 Å². The molecule has 3 aliphatic heterocycles. The minimum Gasteiger partial charge on any atom is -0.347 e. The smallest absolute Gasteiger partial charge is 0.241 e. The first kappa shape index (κ1) is 17.5. The van der Waals surface area contributed by atoms with E-state index in [1.807, 2.05) is 11.9 Å². The Kier molecular flexibility index (Phi) is 6.35. The summed E-state index contributed by atoms with van der Waals surface area (Å²) in [5, 5.41) is 3.30. The van der Waals surface area contributed by atoms with E-state index >= 15 is 0 Å². The van der Waals surface area contributed by atoms with Crippen LogP contribution in [0.25, 0.3) is 0 Å². The molecule has 3 fully saturated rings. The van der Waals surface area contributed by atoms with Crippen LogP contribution < -0.4 is 5.32 Å². The molecule has 3 aliphatic rings. The van der Waals surface area contributed by atoms with E-state index in [0.29, 0.717) is 12.6 Å². The fourth-order valence-electron chi connectivity index (χ4n) is 4.26. The van der Waals surface area contributed by atoms with Gasteiger partial charge in [-0.2, -0.15) is 0 Å². The molecule has 0 saturated carbocycles. The summed E-state index contributed by atoms with van der Waals surface area (Å²) in [4.78, 5) is 23.7. The van der Waals surface area contributed by atoms with Gasteiger partial charge in [0, 0.05) is 39.3 Å². The largest absolute Gasteiger partial charge is 0.347 e. The first-order valence-electron chi connectivity index (χ1n) is 9.75. The normalized spacial score (nSPS) is 26.7. The fourth-order valence-corrected chi connectivity index (χ4v) is 4.26. The van der Waals surface area contributed by atoms with E-state index in [9.17, 15) is 4.79 Å². The zero-order valence-electron chi connectivity index (χ0n) is 15.2. The van der Waals surface area contributed by atoms with Crippen LogP contribution in [0.3, 0.4) is 0 Å². The second kappa shape index (κ2) is 8.70. The minimum absolute atomic E-state index is 0.211. The van der Waals surface area contributed by atoms with E-state index in [-0.39, 0.29) is 5.91 Å². The van der Waals surface area contributed by atoms with Crippen molar-refractivity contribution in [3.8, 4) is 0 Å². The van der Waals surface area contributed by atoms with Gasteiger partial charge in [-0.25, -0.2) is 0 Å². The first-order chi connectivity index (χ1) is 11.8. The van der Waals surface area contributed by atoms with E-state index in [4.69, 9.17) is 0 Å². The van der Waals surface area contributed by atoms with Crippen LogP contribution >= 0.6 is 0 Å². The summed E-state index contributed by atoms with van der Waals surface area (Å²) in [6.45, 7) is 6.78. The van der Waals surface area contributed by atoms with Crippen molar-refractivity contribution in [2.75, 3.05) is 52.9 Å². The van der Waals surface area contributed by atoms with Gasteiger partial charge >= 0.3 is 0 Å². The SMILES string of the molecule is CN=C(NCC(=O)N1CCCCC1)N1CCC(N2CCCCC2)C1. The highest BCUT2D eigenvalue weighted by molar-refractivity contribution is 5.86. The van der Waals surface area contributed by atoms with E-state index in [0.717, 1.165) is 45.0 Å². The van der Waals surface area contributed by atoms with Crippen molar-refractivity contribution in [3.63, 3.8) is 0 Å². The maximum Gasteiger partial charge on any atom is 0.241 e. The average molecular weight is 335 g/mol. The number of piperidine rings is 2. The lowest BCUT2D eigenvalue weighted by atomic mass is 10.1. The summed E-state index contributed by atoms with van der Waals surface area (Å²) >= 11 is 0. The van der Waals surface area contributed by atoms with Gasteiger partial charge in [0.25, 0.3) is 0 Å². The quantitative estimate of drug-likeness (QED) is 0.621. The van der Waals surface area contributed by atoms with Crippen molar-refractivity contribution in [2.45, 2.75) is 51.0 Å². The number of nitrogens with zero attached hydrogens (tertiary/aromatic N) is 4. The Morgan fingerprint density at radius 1 is 0.958 bits per heavy atom. The molecule has 3 heterocycles. The van der Waals surface area contributed by atoms with E-state index in [2.05, 4.69) is 20.1 Å².